The molecule has 0 unspecified atom stereocenters. The van der Waals surface area contributed by atoms with E-state index in [9.17, 15) is 14.7 Å². The highest BCUT2D eigenvalue weighted by Gasteiger charge is 2.21. The summed E-state index contributed by atoms with van der Waals surface area (Å²) < 4.78 is 1.09. The number of rotatable bonds is 4. The molecule has 1 aliphatic rings. The zero-order valence-corrected chi connectivity index (χ0v) is 18.0. The fourth-order valence-electron chi connectivity index (χ4n) is 3.86. The number of anilines is 1. The number of nitrogens with zero attached hydrogens (tertiary/aromatic N) is 2. The average molecular weight is 442 g/mol. The maximum absolute atomic E-state index is 12.7. The van der Waals surface area contributed by atoms with Crippen LogP contribution in [0.25, 0.3) is 22.4 Å². The molecule has 0 fully saturated rings. The number of allylic oxidation sites excluding steroid dienone is 1. The first-order valence-electron chi connectivity index (χ1n) is 10.1. The van der Waals surface area contributed by atoms with Crippen molar-refractivity contribution >= 4 is 56.8 Å². The van der Waals surface area contributed by atoms with Gasteiger partial charge >= 0.3 is 4.87 Å². The third kappa shape index (κ3) is 3.52. The van der Waals surface area contributed by atoms with E-state index in [1.165, 1.54) is 0 Å². The van der Waals surface area contributed by atoms with Crippen LogP contribution in [0.5, 0.6) is 5.88 Å². The Morgan fingerprint density at radius 1 is 1.09 bits per heavy atom. The zero-order valence-electron chi connectivity index (χ0n) is 17.2. The Kier molecular flexibility index (Phi) is 4.95. The number of carbonyl (C=O) groups excluding carboxylic acids is 1. The van der Waals surface area contributed by atoms with Crippen molar-refractivity contribution in [2.75, 3.05) is 5.32 Å². The van der Waals surface area contributed by atoms with Crippen molar-refractivity contribution in [3.63, 3.8) is 0 Å². The van der Waals surface area contributed by atoms with Crippen LogP contribution in [0.3, 0.4) is 0 Å². The van der Waals surface area contributed by atoms with E-state index in [2.05, 4.69) is 10.3 Å². The molecule has 1 aromatic heterocycles. The van der Waals surface area contributed by atoms with Gasteiger partial charge in [0.05, 0.1) is 10.6 Å². The van der Waals surface area contributed by atoms with E-state index in [0.717, 1.165) is 49.2 Å². The fourth-order valence-corrected chi connectivity index (χ4v) is 4.69. The SMILES string of the molecule is CC1=Nc2ccccc2C1=Cc1sc(=O)n(CC(=O)Nc2cccc3ccccc23)c1O. The quantitative estimate of drug-likeness (QED) is 0.465. The van der Waals surface area contributed by atoms with Crippen molar-refractivity contribution < 1.29 is 9.90 Å². The van der Waals surface area contributed by atoms with Gasteiger partial charge in [-0.25, -0.2) is 0 Å². The van der Waals surface area contributed by atoms with Crippen LogP contribution in [-0.4, -0.2) is 21.3 Å². The Labute approximate surface area is 187 Å². The number of benzene rings is 3. The summed E-state index contributed by atoms with van der Waals surface area (Å²) in [6, 6.07) is 21.1. The van der Waals surface area contributed by atoms with Gasteiger partial charge in [-0.15, -0.1) is 0 Å². The van der Waals surface area contributed by atoms with Crippen LogP contribution in [-0.2, 0) is 11.3 Å². The monoisotopic (exact) mass is 441 g/mol. The second-order valence-electron chi connectivity index (χ2n) is 7.49. The van der Waals surface area contributed by atoms with Gasteiger partial charge < -0.3 is 10.4 Å². The van der Waals surface area contributed by atoms with Gasteiger partial charge in [-0.3, -0.25) is 19.1 Å². The van der Waals surface area contributed by atoms with Gasteiger partial charge in [-0.1, -0.05) is 65.9 Å². The lowest BCUT2D eigenvalue weighted by Crippen LogP contribution is -2.24. The van der Waals surface area contributed by atoms with E-state index in [-0.39, 0.29) is 18.3 Å². The Morgan fingerprint density at radius 2 is 1.84 bits per heavy atom. The highest BCUT2D eigenvalue weighted by atomic mass is 32.1. The van der Waals surface area contributed by atoms with Gasteiger partial charge in [0, 0.05) is 27.9 Å². The molecule has 32 heavy (non-hydrogen) atoms. The van der Waals surface area contributed by atoms with Crippen LogP contribution in [0.2, 0.25) is 0 Å². The number of carbonyl (C=O) groups is 1. The van der Waals surface area contributed by atoms with Crippen LogP contribution < -0.4 is 10.2 Å². The van der Waals surface area contributed by atoms with E-state index in [0.29, 0.717) is 10.6 Å². The molecule has 0 saturated heterocycles. The smallest absolute Gasteiger partial charge is 0.311 e. The van der Waals surface area contributed by atoms with Crippen LogP contribution in [0, 0.1) is 0 Å². The molecule has 2 heterocycles. The molecule has 158 valence electrons. The third-order valence-corrected chi connectivity index (χ3v) is 6.32. The normalized spacial score (nSPS) is 13.9. The predicted octanol–water partition coefficient (Wildman–Crippen LogP) is 5.05. The first kappa shape index (κ1) is 20.0. The minimum Gasteiger partial charge on any atom is -0.493 e. The number of fused-ring (bicyclic) bond motifs is 2. The molecule has 5 rings (SSSR count). The molecule has 1 amide bonds. The number of aliphatic imine (C=N–C) groups is 1. The topological polar surface area (TPSA) is 83.7 Å². The molecule has 4 aromatic rings. The van der Waals surface area contributed by atoms with Crippen molar-refractivity contribution in [1.29, 1.82) is 0 Å². The number of hydrogen-bond acceptors (Lipinski definition) is 5. The van der Waals surface area contributed by atoms with E-state index in [4.69, 9.17) is 0 Å². The van der Waals surface area contributed by atoms with Crippen LogP contribution in [0.1, 0.15) is 17.4 Å². The molecule has 0 atom stereocenters. The zero-order chi connectivity index (χ0) is 22.2. The lowest BCUT2D eigenvalue weighted by Gasteiger charge is -2.09. The Bertz CT molecular complexity index is 1490. The number of aromatic nitrogens is 1. The second-order valence-corrected chi connectivity index (χ2v) is 8.48. The molecule has 7 heteroatoms. The van der Waals surface area contributed by atoms with E-state index >= 15 is 0 Å². The molecule has 0 saturated carbocycles. The number of amides is 1. The molecule has 0 spiro atoms. The number of hydrogen-bond donors (Lipinski definition) is 2. The number of thiazole rings is 1. The van der Waals surface area contributed by atoms with Gasteiger partial charge in [0.2, 0.25) is 11.8 Å². The van der Waals surface area contributed by atoms with E-state index in [1.54, 1.807) is 6.08 Å². The highest BCUT2D eigenvalue weighted by Crippen LogP contribution is 2.37. The average Bonchev–Trinajstić information content (AvgIpc) is 3.24. The second kappa shape index (κ2) is 7.94. The molecular weight excluding hydrogens is 422 g/mol. The van der Waals surface area contributed by atoms with Gasteiger partial charge in [-0.05, 0) is 30.5 Å². The maximum Gasteiger partial charge on any atom is 0.311 e. The van der Waals surface area contributed by atoms with Crippen molar-refractivity contribution in [1.82, 2.24) is 4.57 Å². The molecule has 0 bridgehead atoms. The van der Waals surface area contributed by atoms with Crippen molar-refractivity contribution in [2.24, 2.45) is 4.99 Å². The van der Waals surface area contributed by atoms with Crippen molar-refractivity contribution in [3.8, 4) is 5.88 Å². The lowest BCUT2D eigenvalue weighted by molar-refractivity contribution is -0.116. The minimum absolute atomic E-state index is 0.224. The standard InChI is InChI=1S/C25H19N3O3S/c1-15-19(18-10-4-5-11-21(18)26-15)13-22-24(30)28(25(31)32-22)14-23(29)27-20-12-6-8-16-7-2-3-9-17(16)20/h2-13,30H,14H2,1H3,(H,27,29). The summed E-state index contributed by atoms with van der Waals surface area (Å²) in [5.74, 6) is -0.613. The summed E-state index contributed by atoms with van der Waals surface area (Å²) in [4.78, 5) is 29.8. The Morgan fingerprint density at radius 3 is 2.72 bits per heavy atom. The largest absolute Gasteiger partial charge is 0.493 e. The Hall–Kier alpha value is -3.97. The van der Waals surface area contributed by atoms with Crippen molar-refractivity contribution in [2.45, 2.75) is 13.5 Å². The van der Waals surface area contributed by atoms with Gasteiger partial charge in [0.1, 0.15) is 6.54 Å². The molecule has 2 N–H and O–H groups in total. The lowest BCUT2D eigenvalue weighted by atomic mass is 10.0. The van der Waals surface area contributed by atoms with Gasteiger partial charge in [-0.2, -0.15) is 0 Å². The molecule has 0 aliphatic carbocycles. The first-order chi connectivity index (χ1) is 15.5. The van der Waals surface area contributed by atoms with Crippen molar-refractivity contribution in [3.05, 3.63) is 86.8 Å². The number of nitrogens with one attached hydrogen (secondary N) is 1. The summed E-state index contributed by atoms with van der Waals surface area (Å²) in [5, 5.41) is 15.5. The van der Waals surface area contributed by atoms with Gasteiger partial charge in [0.25, 0.3) is 0 Å². The number of para-hydroxylation sites is 1. The molecular formula is C25H19N3O3S. The number of aromatic hydroxyl groups is 1. The summed E-state index contributed by atoms with van der Waals surface area (Å²) >= 11 is 0.901. The summed E-state index contributed by atoms with van der Waals surface area (Å²) in [6.07, 6.45) is 1.76. The first-order valence-corrected chi connectivity index (χ1v) is 10.9. The summed E-state index contributed by atoms with van der Waals surface area (Å²) in [5.41, 5.74) is 4.13. The van der Waals surface area contributed by atoms with Crippen LogP contribution >= 0.6 is 11.3 Å². The molecule has 0 radical (unpaired) electrons. The van der Waals surface area contributed by atoms with E-state index < -0.39 is 4.87 Å². The summed E-state index contributed by atoms with van der Waals surface area (Å²) in [6.45, 7) is 1.61. The fraction of sp³-hybridized carbons (Fsp3) is 0.0800. The Balaban J connectivity index is 1.42. The molecule has 1 aliphatic heterocycles. The van der Waals surface area contributed by atoms with E-state index in [1.807, 2.05) is 73.7 Å². The highest BCUT2D eigenvalue weighted by molar-refractivity contribution is 7.10. The van der Waals surface area contributed by atoms with Crippen LogP contribution in [0.15, 0.2) is 76.5 Å². The molecule has 3 aromatic carbocycles. The predicted molar refractivity (Wildman–Crippen MR) is 130 cm³/mol. The minimum atomic E-state index is -0.400. The molecule has 6 nitrogen and oxygen atoms in total. The van der Waals surface area contributed by atoms with Gasteiger partial charge in [0.15, 0.2) is 0 Å². The van der Waals surface area contributed by atoms with Crippen LogP contribution in [0.4, 0.5) is 11.4 Å². The summed E-state index contributed by atoms with van der Waals surface area (Å²) in [7, 11) is 0. The maximum atomic E-state index is 12.7. The third-order valence-electron chi connectivity index (χ3n) is 5.41.